The van der Waals surface area contributed by atoms with Gasteiger partial charge in [0.25, 0.3) is 0 Å². The Labute approximate surface area is 130 Å². The number of anilines is 1. The van der Waals surface area contributed by atoms with E-state index in [-0.39, 0.29) is 11.3 Å². The molecule has 0 radical (unpaired) electrons. The number of rotatable bonds is 3. The Morgan fingerprint density at radius 1 is 1.19 bits per heavy atom. The largest absolute Gasteiger partial charge is 0.325 e. The summed E-state index contributed by atoms with van der Waals surface area (Å²) in [5.74, 6) is 0.161. The highest BCUT2D eigenvalue weighted by atomic mass is 32.1. The van der Waals surface area contributed by atoms with E-state index < -0.39 is 0 Å². The van der Waals surface area contributed by atoms with Crippen LogP contribution in [0.15, 0.2) is 35.7 Å². The molecule has 1 aliphatic carbocycles. The first-order valence-corrected chi connectivity index (χ1v) is 8.42. The molecule has 3 rings (SSSR count). The zero-order valence-corrected chi connectivity index (χ0v) is 13.4. The molecule has 1 aromatic carbocycles. The summed E-state index contributed by atoms with van der Waals surface area (Å²) in [4.78, 5) is 14.2. The van der Waals surface area contributed by atoms with E-state index in [1.54, 1.807) is 11.3 Å². The van der Waals surface area contributed by atoms with Gasteiger partial charge in [-0.05, 0) is 49.8 Å². The Hall–Kier alpha value is -1.61. The van der Waals surface area contributed by atoms with Crippen LogP contribution >= 0.6 is 11.3 Å². The lowest BCUT2D eigenvalue weighted by atomic mass is 9.83. The van der Waals surface area contributed by atoms with Crippen molar-refractivity contribution in [3.8, 4) is 0 Å². The molecule has 1 N–H and O–H groups in total. The van der Waals surface area contributed by atoms with E-state index in [1.165, 1.54) is 10.4 Å². The first-order chi connectivity index (χ1) is 10.1. The van der Waals surface area contributed by atoms with Crippen LogP contribution in [0, 0.1) is 13.8 Å². The molecule has 0 spiro atoms. The predicted molar refractivity (Wildman–Crippen MR) is 89.0 cm³/mol. The fourth-order valence-corrected chi connectivity index (χ4v) is 4.29. The molecule has 0 aliphatic heterocycles. The Morgan fingerprint density at radius 2 is 1.95 bits per heavy atom. The van der Waals surface area contributed by atoms with Gasteiger partial charge in [-0.2, -0.15) is 0 Å². The van der Waals surface area contributed by atoms with Crippen molar-refractivity contribution in [1.82, 2.24) is 0 Å². The Kier molecular flexibility index (Phi) is 3.85. The number of nitrogens with one attached hydrogen (secondary N) is 1. The third-order valence-corrected chi connectivity index (χ3v) is 5.59. The van der Waals surface area contributed by atoms with Crippen LogP contribution in [0.2, 0.25) is 0 Å². The van der Waals surface area contributed by atoms with Crippen LogP contribution in [-0.4, -0.2) is 5.91 Å². The summed E-state index contributed by atoms with van der Waals surface area (Å²) in [7, 11) is 0. The summed E-state index contributed by atoms with van der Waals surface area (Å²) in [5.41, 5.74) is 2.97. The first kappa shape index (κ1) is 14.3. The van der Waals surface area contributed by atoms with Crippen molar-refractivity contribution >= 4 is 22.9 Å². The summed E-state index contributed by atoms with van der Waals surface area (Å²) < 4.78 is 0. The van der Waals surface area contributed by atoms with Gasteiger partial charge in [-0.15, -0.1) is 11.3 Å². The van der Waals surface area contributed by atoms with E-state index >= 15 is 0 Å². The van der Waals surface area contributed by atoms with E-state index in [0.717, 1.165) is 36.9 Å². The van der Waals surface area contributed by atoms with Crippen LogP contribution in [0.25, 0.3) is 0 Å². The summed E-state index contributed by atoms with van der Waals surface area (Å²) in [6.45, 7) is 4.12. The zero-order chi connectivity index (χ0) is 14.9. The summed E-state index contributed by atoms with van der Waals surface area (Å²) in [5, 5.41) is 5.25. The molecule has 21 heavy (non-hydrogen) atoms. The normalized spacial score (nSPS) is 16.9. The smallest absolute Gasteiger partial charge is 0.235 e. The Bertz CT molecular complexity index is 639. The molecule has 0 unspecified atom stereocenters. The molecule has 2 nitrogen and oxygen atoms in total. The average Bonchev–Trinajstić information content (AvgIpc) is 3.11. The zero-order valence-electron chi connectivity index (χ0n) is 12.6. The fourth-order valence-electron chi connectivity index (χ4n) is 3.31. The molecule has 1 aliphatic rings. The molecule has 3 heteroatoms. The van der Waals surface area contributed by atoms with Crippen molar-refractivity contribution in [1.29, 1.82) is 0 Å². The van der Waals surface area contributed by atoms with Gasteiger partial charge in [-0.1, -0.05) is 36.6 Å². The molecule has 1 aromatic heterocycles. The van der Waals surface area contributed by atoms with Crippen molar-refractivity contribution < 1.29 is 4.79 Å². The van der Waals surface area contributed by atoms with E-state index in [2.05, 4.69) is 42.7 Å². The van der Waals surface area contributed by atoms with Gasteiger partial charge < -0.3 is 5.32 Å². The highest BCUT2D eigenvalue weighted by Crippen LogP contribution is 2.44. The molecule has 1 amide bonds. The van der Waals surface area contributed by atoms with Gasteiger partial charge in [0.2, 0.25) is 5.91 Å². The number of thiophene rings is 1. The van der Waals surface area contributed by atoms with Crippen LogP contribution in [0.4, 0.5) is 5.69 Å². The Morgan fingerprint density at radius 3 is 2.57 bits per heavy atom. The minimum absolute atomic E-state index is 0.161. The van der Waals surface area contributed by atoms with Crippen LogP contribution in [0.3, 0.4) is 0 Å². The number of benzene rings is 1. The number of amides is 1. The summed E-state index contributed by atoms with van der Waals surface area (Å²) in [6, 6.07) is 10.3. The molecular weight excluding hydrogens is 278 g/mol. The average molecular weight is 299 g/mol. The molecule has 0 saturated heterocycles. The number of hydrogen-bond acceptors (Lipinski definition) is 2. The molecule has 110 valence electrons. The lowest BCUT2D eigenvalue weighted by molar-refractivity contribution is -0.121. The Balaban J connectivity index is 1.89. The molecule has 0 bridgehead atoms. The minimum Gasteiger partial charge on any atom is -0.325 e. The molecule has 0 atom stereocenters. The van der Waals surface area contributed by atoms with E-state index in [9.17, 15) is 4.79 Å². The van der Waals surface area contributed by atoms with Crippen molar-refractivity contribution in [2.24, 2.45) is 0 Å². The third kappa shape index (κ3) is 2.62. The highest BCUT2D eigenvalue weighted by molar-refractivity contribution is 7.10. The maximum atomic E-state index is 13.0. The van der Waals surface area contributed by atoms with Crippen molar-refractivity contribution in [2.75, 3.05) is 5.32 Å². The van der Waals surface area contributed by atoms with Crippen molar-refractivity contribution in [3.63, 3.8) is 0 Å². The van der Waals surface area contributed by atoms with Crippen LogP contribution in [0.5, 0.6) is 0 Å². The van der Waals surface area contributed by atoms with Gasteiger partial charge in [-0.3, -0.25) is 4.79 Å². The quantitative estimate of drug-likeness (QED) is 0.865. The van der Waals surface area contributed by atoms with Crippen molar-refractivity contribution in [3.05, 3.63) is 51.7 Å². The number of carbonyl (C=O) groups excluding carboxylic acids is 1. The summed E-state index contributed by atoms with van der Waals surface area (Å²) in [6.07, 6.45) is 4.20. The number of hydrogen-bond donors (Lipinski definition) is 1. The lowest BCUT2D eigenvalue weighted by Gasteiger charge is -2.27. The van der Waals surface area contributed by atoms with Gasteiger partial charge in [0.15, 0.2) is 0 Å². The number of aryl methyl sites for hydroxylation is 2. The summed E-state index contributed by atoms with van der Waals surface area (Å²) >= 11 is 1.70. The molecule has 1 fully saturated rings. The maximum Gasteiger partial charge on any atom is 0.235 e. The van der Waals surface area contributed by atoms with Crippen molar-refractivity contribution in [2.45, 2.75) is 44.9 Å². The second kappa shape index (κ2) is 5.64. The highest BCUT2D eigenvalue weighted by Gasteiger charge is 2.43. The predicted octanol–water partition coefficient (Wildman–Crippen LogP) is 4.82. The van der Waals surface area contributed by atoms with Gasteiger partial charge in [-0.25, -0.2) is 0 Å². The van der Waals surface area contributed by atoms with Gasteiger partial charge in [0.1, 0.15) is 0 Å². The maximum absolute atomic E-state index is 13.0. The lowest BCUT2D eigenvalue weighted by Crippen LogP contribution is -2.37. The van der Waals surface area contributed by atoms with E-state index in [1.807, 2.05) is 12.1 Å². The second-order valence-corrected chi connectivity index (χ2v) is 6.99. The van der Waals surface area contributed by atoms with Gasteiger partial charge >= 0.3 is 0 Å². The standard InChI is InChI=1S/C18H21NOS/c1-13-7-8-15(14(2)12-13)19-17(20)18(9-3-4-10-18)16-6-5-11-21-16/h5-8,11-12H,3-4,9-10H2,1-2H3,(H,19,20). The minimum atomic E-state index is -0.314. The van der Waals surface area contributed by atoms with Crippen LogP contribution in [-0.2, 0) is 10.2 Å². The van der Waals surface area contributed by atoms with Crippen LogP contribution < -0.4 is 5.32 Å². The molecule has 2 aromatic rings. The van der Waals surface area contributed by atoms with Crippen LogP contribution in [0.1, 0.15) is 41.7 Å². The monoisotopic (exact) mass is 299 g/mol. The SMILES string of the molecule is Cc1ccc(NC(=O)C2(c3cccs3)CCCC2)c(C)c1. The second-order valence-electron chi connectivity index (χ2n) is 6.04. The molecular formula is C18H21NOS. The molecule has 1 heterocycles. The van der Waals surface area contributed by atoms with E-state index in [0.29, 0.717) is 0 Å². The third-order valence-electron chi connectivity index (χ3n) is 4.51. The number of carbonyl (C=O) groups is 1. The van der Waals surface area contributed by atoms with Gasteiger partial charge in [0, 0.05) is 10.6 Å². The topological polar surface area (TPSA) is 29.1 Å². The fraction of sp³-hybridized carbons (Fsp3) is 0.389. The molecule has 1 saturated carbocycles. The van der Waals surface area contributed by atoms with E-state index in [4.69, 9.17) is 0 Å². The first-order valence-electron chi connectivity index (χ1n) is 7.54. The van der Waals surface area contributed by atoms with Gasteiger partial charge in [0.05, 0.1) is 5.41 Å².